The fourth-order valence-electron chi connectivity index (χ4n) is 4.92. The molecule has 1 aliphatic rings. The number of likely N-dealkylation sites (tertiary alicyclic amines) is 1. The molecule has 1 aliphatic heterocycles. The van der Waals surface area contributed by atoms with Crippen molar-refractivity contribution in [2.24, 2.45) is 0 Å². The van der Waals surface area contributed by atoms with Gasteiger partial charge in [0.2, 0.25) is 0 Å². The number of rotatable bonds is 10. The van der Waals surface area contributed by atoms with Gasteiger partial charge in [-0.2, -0.15) is 13.2 Å². The average Bonchev–Trinajstić information content (AvgIpc) is 3.28. The second-order valence-electron chi connectivity index (χ2n) is 10.3. The summed E-state index contributed by atoms with van der Waals surface area (Å²) in [7, 11) is -2.05. The molecule has 1 fully saturated rings. The molecule has 0 saturated carbocycles. The maximum Gasteiger partial charge on any atom is 0.393 e. The van der Waals surface area contributed by atoms with Gasteiger partial charge < -0.3 is 25.6 Å². The van der Waals surface area contributed by atoms with Crippen LogP contribution in [0, 0.1) is 11.8 Å². The number of thiophene rings is 1. The van der Waals surface area contributed by atoms with Gasteiger partial charge in [0.15, 0.2) is 9.84 Å². The van der Waals surface area contributed by atoms with Crippen molar-refractivity contribution < 1.29 is 40.9 Å². The van der Waals surface area contributed by atoms with Crippen LogP contribution in [-0.4, -0.2) is 94.2 Å². The second kappa shape index (κ2) is 13.7. The third-order valence-corrected chi connectivity index (χ3v) is 9.32. The van der Waals surface area contributed by atoms with Gasteiger partial charge in [-0.25, -0.2) is 12.8 Å². The van der Waals surface area contributed by atoms with E-state index in [0.717, 1.165) is 17.6 Å². The van der Waals surface area contributed by atoms with Crippen molar-refractivity contribution in [2.45, 2.75) is 42.2 Å². The molecule has 8 nitrogen and oxygen atoms in total. The van der Waals surface area contributed by atoms with Crippen LogP contribution >= 0.6 is 11.3 Å². The largest absolute Gasteiger partial charge is 0.495 e. The van der Waals surface area contributed by atoms with E-state index >= 15 is 4.39 Å². The van der Waals surface area contributed by atoms with Gasteiger partial charge in [-0.05, 0) is 35.6 Å². The molecule has 0 aliphatic carbocycles. The number of nitrogens with zero attached hydrogens (tertiary/aromatic N) is 1. The summed E-state index contributed by atoms with van der Waals surface area (Å²) in [5.74, 6) is 5.98. The zero-order chi connectivity index (χ0) is 31.4. The van der Waals surface area contributed by atoms with E-state index in [4.69, 9.17) is 9.84 Å². The number of β-amino-alcohol motifs (C(OH)–C–C–N with tert-alkyl or cyclic N) is 1. The maximum absolute atomic E-state index is 15.1. The molecule has 43 heavy (non-hydrogen) atoms. The summed E-state index contributed by atoms with van der Waals surface area (Å²) in [5.41, 5.74) is 1.04. The van der Waals surface area contributed by atoms with E-state index in [2.05, 4.69) is 22.5 Å². The van der Waals surface area contributed by atoms with Crippen molar-refractivity contribution in [1.29, 1.82) is 0 Å². The minimum Gasteiger partial charge on any atom is -0.495 e. The first kappa shape index (κ1) is 32.8. The van der Waals surface area contributed by atoms with Crippen molar-refractivity contribution in [3.8, 4) is 17.6 Å². The zero-order valence-electron chi connectivity index (χ0n) is 23.5. The van der Waals surface area contributed by atoms with Crippen LogP contribution in [0.2, 0.25) is 0 Å². The van der Waals surface area contributed by atoms with Crippen LogP contribution in [0.1, 0.15) is 16.9 Å². The highest BCUT2D eigenvalue weighted by atomic mass is 32.2. The number of aliphatic hydroxyl groups excluding tert-OH is 2. The summed E-state index contributed by atoms with van der Waals surface area (Å²) in [6.45, 7) is 0.330. The summed E-state index contributed by atoms with van der Waals surface area (Å²) >= 11 is 1.10. The number of hydrogen-bond acceptors (Lipinski definition) is 9. The van der Waals surface area contributed by atoms with E-state index in [9.17, 15) is 26.7 Å². The number of aliphatic hydroxyl groups is 2. The molecule has 1 aromatic heterocycles. The van der Waals surface area contributed by atoms with E-state index in [1.165, 1.54) is 25.3 Å². The summed E-state index contributed by atoms with van der Waals surface area (Å²) in [4.78, 5) is 2.05. The third-order valence-electron chi connectivity index (χ3n) is 7.01. The number of fused-ring (bicyclic) bond motifs is 1. The Morgan fingerprint density at radius 1 is 1.23 bits per heavy atom. The Labute approximate surface area is 251 Å². The average molecular weight is 644 g/mol. The number of ether oxygens (including phenoxy) is 1. The van der Waals surface area contributed by atoms with Crippen LogP contribution in [0.5, 0.6) is 5.75 Å². The van der Waals surface area contributed by atoms with Crippen molar-refractivity contribution in [3.63, 3.8) is 0 Å². The number of halogens is 4. The van der Waals surface area contributed by atoms with Crippen LogP contribution in [-0.2, 0) is 16.3 Å². The molecule has 3 aromatic rings. The van der Waals surface area contributed by atoms with Gasteiger partial charge in [0, 0.05) is 32.0 Å². The molecule has 3 atom stereocenters. The van der Waals surface area contributed by atoms with E-state index in [-0.39, 0.29) is 40.7 Å². The topological polar surface area (TPSA) is 111 Å². The number of nitrogens with one attached hydrogen (secondary N) is 2. The Morgan fingerprint density at radius 3 is 2.65 bits per heavy atom. The van der Waals surface area contributed by atoms with Crippen molar-refractivity contribution in [3.05, 3.63) is 46.8 Å². The lowest BCUT2D eigenvalue weighted by molar-refractivity contribution is -0.126. The number of piperidine rings is 1. The Bertz CT molecular complexity index is 1600. The first-order chi connectivity index (χ1) is 20.3. The van der Waals surface area contributed by atoms with Gasteiger partial charge in [-0.1, -0.05) is 24.0 Å². The van der Waals surface area contributed by atoms with Crippen molar-refractivity contribution in [2.75, 3.05) is 56.8 Å². The molecular formula is C29H33F4N3O5S2. The molecule has 0 amide bonds. The Balaban J connectivity index is 1.56. The van der Waals surface area contributed by atoms with Crippen molar-refractivity contribution >= 4 is 42.6 Å². The van der Waals surface area contributed by atoms with E-state index in [0.29, 0.717) is 34.4 Å². The first-order valence-electron chi connectivity index (χ1n) is 13.4. The third kappa shape index (κ3) is 8.51. The lowest BCUT2D eigenvalue weighted by Crippen LogP contribution is -2.50. The molecule has 0 radical (unpaired) electrons. The van der Waals surface area contributed by atoms with Gasteiger partial charge in [0.25, 0.3) is 0 Å². The van der Waals surface area contributed by atoms with Crippen LogP contribution in [0.15, 0.2) is 41.3 Å². The summed E-state index contributed by atoms with van der Waals surface area (Å²) in [5, 5.41) is 25.3. The number of anilines is 2. The number of sulfone groups is 1. The standard InChI is InChI=1S/C29H33F4N3O5S2/c1-41-26-13-19(43(2,39)40)8-9-24(26)34-11-4-7-27-21(14-29(31,32)33)20-5-3-6-25(28(20)42-27)35-23-10-12-36(16-22(23)30)15-18(38)17-37/h3,5-6,8-9,13,18,22-23,34-35,37-38H,10-12,14-17H2,1-2H3. The van der Waals surface area contributed by atoms with Gasteiger partial charge in [0.05, 0.1) is 64.7 Å². The highest BCUT2D eigenvalue weighted by Crippen LogP contribution is 2.39. The van der Waals surface area contributed by atoms with Crippen LogP contribution in [0.3, 0.4) is 0 Å². The SMILES string of the molecule is COc1cc(S(C)(=O)=O)ccc1NCC#Cc1sc2c(NC3CCN(CC(O)CO)CC3F)cccc2c1CC(F)(F)F. The molecule has 0 spiro atoms. The molecule has 2 heterocycles. The smallest absolute Gasteiger partial charge is 0.393 e. The highest BCUT2D eigenvalue weighted by Gasteiger charge is 2.33. The molecule has 4 rings (SSSR count). The fourth-order valence-corrected chi connectivity index (χ4v) is 6.73. The molecule has 1 saturated heterocycles. The number of benzene rings is 2. The molecule has 4 N–H and O–H groups in total. The highest BCUT2D eigenvalue weighted by molar-refractivity contribution is 7.90. The van der Waals surface area contributed by atoms with Crippen LogP contribution in [0.25, 0.3) is 10.1 Å². The number of alkyl halides is 4. The lowest BCUT2D eigenvalue weighted by Gasteiger charge is -2.36. The van der Waals surface area contributed by atoms with Crippen molar-refractivity contribution in [1.82, 2.24) is 4.90 Å². The minimum absolute atomic E-state index is 0.0448. The number of methoxy groups -OCH3 is 1. The second-order valence-corrected chi connectivity index (χ2v) is 13.4. The fraction of sp³-hybridized carbons (Fsp3) is 0.448. The predicted molar refractivity (Wildman–Crippen MR) is 160 cm³/mol. The van der Waals surface area contributed by atoms with E-state index in [1.54, 1.807) is 23.1 Å². The van der Waals surface area contributed by atoms with Crippen LogP contribution < -0.4 is 15.4 Å². The monoisotopic (exact) mass is 643 g/mol. The molecular weight excluding hydrogens is 610 g/mol. The van der Waals surface area contributed by atoms with Gasteiger partial charge in [0.1, 0.15) is 11.9 Å². The Hall–Kier alpha value is -3.09. The van der Waals surface area contributed by atoms with Gasteiger partial charge >= 0.3 is 6.18 Å². The zero-order valence-corrected chi connectivity index (χ0v) is 25.2. The predicted octanol–water partition coefficient (Wildman–Crippen LogP) is 4.06. The normalized spacial score (nSPS) is 18.6. The number of hydrogen-bond donors (Lipinski definition) is 4. The molecule has 3 unspecified atom stereocenters. The Kier molecular flexibility index (Phi) is 10.4. The first-order valence-corrected chi connectivity index (χ1v) is 16.1. The Morgan fingerprint density at radius 2 is 2.00 bits per heavy atom. The molecule has 234 valence electrons. The molecule has 0 bridgehead atoms. The quantitative estimate of drug-likeness (QED) is 0.194. The van der Waals surface area contributed by atoms with Gasteiger partial charge in [-0.15, -0.1) is 11.3 Å². The summed E-state index contributed by atoms with van der Waals surface area (Å²) in [6.07, 6.45) is -6.41. The van der Waals surface area contributed by atoms with E-state index < -0.39 is 47.4 Å². The summed E-state index contributed by atoms with van der Waals surface area (Å²) < 4.78 is 85.3. The summed E-state index contributed by atoms with van der Waals surface area (Å²) in [6, 6.07) is 8.67. The maximum atomic E-state index is 15.1. The van der Waals surface area contributed by atoms with Gasteiger partial charge in [-0.3, -0.25) is 4.90 Å². The molecule has 14 heteroatoms. The van der Waals surface area contributed by atoms with Crippen LogP contribution in [0.4, 0.5) is 28.9 Å². The van der Waals surface area contributed by atoms with E-state index in [1.807, 2.05) is 0 Å². The minimum atomic E-state index is -4.48. The molecule has 2 aromatic carbocycles. The lowest BCUT2D eigenvalue weighted by atomic mass is 10.0.